The van der Waals surface area contributed by atoms with Crippen molar-refractivity contribution in [1.82, 2.24) is 25.4 Å². The molecular formula is C32H36N6O2. The number of benzene rings is 2. The second kappa shape index (κ2) is 11.0. The van der Waals surface area contributed by atoms with Crippen LogP contribution in [0.5, 0.6) is 0 Å². The van der Waals surface area contributed by atoms with Gasteiger partial charge in [0.2, 0.25) is 5.91 Å². The number of aromatic nitrogens is 3. The predicted octanol–water partition coefficient (Wildman–Crippen LogP) is 5.61. The molecule has 206 valence electrons. The molecule has 40 heavy (non-hydrogen) atoms. The molecule has 8 heteroatoms. The third-order valence-corrected chi connectivity index (χ3v) is 7.56. The minimum Gasteiger partial charge on any atom is -0.363 e. The monoisotopic (exact) mass is 536 g/mol. The first kappa shape index (κ1) is 27.1. The Hall–Kier alpha value is -4.46. The molecule has 1 aliphatic heterocycles. The van der Waals surface area contributed by atoms with E-state index >= 15 is 0 Å². The number of anilines is 1. The summed E-state index contributed by atoms with van der Waals surface area (Å²) in [6.45, 7) is 13.3. The van der Waals surface area contributed by atoms with Gasteiger partial charge in [-0.1, -0.05) is 63.7 Å². The van der Waals surface area contributed by atoms with Crippen LogP contribution in [0.1, 0.15) is 61.6 Å². The Morgan fingerprint density at radius 3 is 2.50 bits per heavy atom. The van der Waals surface area contributed by atoms with Gasteiger partial charge in [-0.15, -0.1) is 0 Å². The van der Waals surface area contributed by atoms with Gasteiger partial charge in [-0.3, -0.25) is 14.7 Å². The molecule has 0 spiro atoms. The minimum atomic E-state index is -0.156. The number of fused-ring (bicyclic) bond motifs is 1. The van der Waals surface area contributed by atoms with Crippen LogP contribution in [0.3, 0.4) is 0 Å². The van der Waals surface area contributed by atoms with Crippen molar-refractivity contribution in [3.63, 3.8) is 0 Å². The van der Waals surface area contributed by atoms with E-state index in [1.807, 2.05) is 49.4 Å². The second-order valence-electron chi connectivity index (χ2n) is 11.4. The third-order valence-electron chi connectivity index (χ3n) is 7.56. The van der Waals surface area contributed by atoms with Gasteiger partial charge < -0.3 is 15.5 Å². The number of carbonyl (C=O) groups excluding carboxylic acids is 2. The minimum absolute atomic E-state index is 0.0429. The maximum absolute atomic E-state index is 12.9. The quantitative estimate of drug-likeness (QED) is 0.266. The molecule has 0 radical (unpaired) electrons. The first-order chi connectivity index (χ1) is 19.1. The average molecular weight is 537 g/mol. The van der Waals surface area contributed by atoms with Crippen molar-refractivity contribution in [3.8, 4) is 11.1 Å². The maximum atomic E-state index is 12.9. The Kier molecular flexibility index (Phi) is 7.43. The Labute approximate surface area is 234 Å². The van der Waals surface area contributed by atoms with E-state index in [4.69, 9.17) is 0 Å². The van der Waals surface area contributed by atoms with Crippen LogP contribution in [0, 0.1) is 0 Å². The molecule has 4 aromatic rings. The Balaban J connectivity index is 1.30. The second-order valence-corrected chi connectivity index (χ2v) is 11.4. The van der Waals surface area contributed by atoms with E-state index in [0.717, 1.165) is 34.3 Å². The molecular weight excluding hydrogens is 500 g/mol. The van der Waals surface area contributed by atoms with Gasteiger partial charge in [0.1, 0.15) is 0 Å². The standard InChI is InChI=1S/C32H36N6O2/c1-6-27(39)38-18-16-25(19-38)35-30-28-26(15-17-33-29(28)36-37-30)22-9-7-21(8-10-22)20(2)34-31(40)23-11-13-24(14-12-23)32(3,4)5/h6-15,17,20,25H,1,16,18-19H2,2-5H3,(H,34,40)(H2,33,35,36,37)/t20-,25+/m0/s1. The largest absolute Gasteiger partial charge is 0.363 e. The van der Waals surface area contributed by atoms with Crippen molar-refractivity contribution in [2.24, 2.45) is 0 Å². The zero-order valence-corrected chi connectivity index (χ0v) is 23.5. The zero-order chi connectivity index (χ0) is 28.4. The number of nitrogens with zero attached hydrogens (tertiary/aromatic N) is 3. The van der Waals surface area contributed by atoms with Gasteiger partial charge in [-0.2, -0.15) is 5.10 Å². The molecule has 0 aliphatic carbocycles. The molecule has 1 aliphatic rings. The lowest BCUT2D eigenvalue weighted by atomic mass is 9.86. The Morgan fingerprint density at radius 1 is 1.10 bits per heavy atom. The molecule has 1 fully saturated rings. The van der Waals surface area contributed by atoms with E-state index in [9.17, 15) is 9.59 Å². The first-order valence-electron chi connectivity index (χ1n) is 13.7. The molecule has 2 amide bonds. The molecule has 0 bridgehead atoms. The van der Waals surface area contributed by atoms with Crippen LogP contribution in [0.4, 0.5) is 5.82 Å². The van der Waals surface area contributed by atoms with Crippen molar-refractivity contribution in [1.29, 1.82) is 0 Å². The lowest BCUT2D eigenvalue weighted by Crippen LogP contribution is -2.30. The molecule has 2 aromatic carbocycles. The van der Waals surface area contributed by atoms with Gasteiger partial charge in [0.05, 0.1) is 11.4 Å². The summed E-state index contributed by atoms with van der Waals surface area (Å²) < 4.78 is 0. The number of pyridine rings is 1. The number of rotatable bonds is 7. The van der Waals surface area contributed by atoms with Crippen LogP contribution < -0.4 is 10.6 Å². The van der Waals surface area contributed by atoms with Crippen molar-refractivity contribution in [2.75, 3.05) is 18.4 Å². The summed E-state index contributed by atoms with van der Waals surface area (Å²) in [6, 6.07) is 17.9. The summed E-state index contributed by atoms with van der Waals surface area (Å²) in [4.78, 5) is 31.1. The summed E-state index contributed by atoms with van der Waals surface area (Å²) in [5, 5.41) is 15.0. The van der Waals surface area contributed by atoms with Gasteiger partial charge in [-0.25, -0.2) is 4.98 Å². The average Bonchev–Trinajstić information content (AvgIpc) is 3.60. The zero-order valence-electron chi connectivity index (χ0n) is 23.5. The Bertz CT molecular complexity index is 1530. The number of carbonyl (C=O) groups is 2. The molecule has 5 rings (SSSR count). The highest BCUT2D eigenvalue weighted by Gasteiger charge is 2.26. The van der Waals surface area contributed by atoms with Crippen LogP contribution in [0.15, 0.2) is 73.4 Å². The SMILES string of the molecule is C=CC(=O)N1CC[C@@H](Nc2n[nH]c3nccc(-c4ccc([C@H](C)NC(=O)c5ccc(C(C)(C)C)cc5)cc4)c23)C1. The van der Waals surface area contributed by atoms with Gasteiger partial charge in [0.25, 0.3) is 5.91 Å². The molecule has 1 saturated heterocycles. The highest BCUT2D eigenvalue weighted by Crippen LogP contribution is 2.33. The van der Waals surface area contributed by atoms with E-state index in [2.05, 4.69) is 65.3 Å². The lowest BCUT2D eigenvalue weighted by molar-refractivity contribution is -0.125. The van der Waals surface area contributed by atoms with Gasteiger partial charge in [0, 0.05) is 30.9 Å². The lowest BCUT2D eigenvalue weighted by Gasteiger charge is -2.19. The predicted molar refractivity (Wildman–Crippen MR) is 159 cm³/mol. The molecule has 0 unspecified atom stereocenters. The van der Waals surface area contributed by atoms with Crippen LogP contribution >= 0.6 is 0 Å². The van der Waals surface area contributed by atoms with Crippen LogP contribution in [0.2, 0.25) is 0 Å². The fourth-order valence-corrected chi connectivity index (χ4v) is 5.13. The molecule has 3 N–H and O–H groups in total. The topological polar surface area (TPSA) is 103 Å². The van der Waals surface area contributed by atoms with Crippen molar-refractivity contribution < 1.29 is 9.59 Å². The highest BCUT2D eigenvalue weighted by atomic mass is 16.2. The van der Waals surface area contributed by atoms with Crippen molar-refractivity contribution in [2.45, 2.75) is 51.6 Å². The van der Waals surface area contributed by atoms with Gasteiger partial charge in [-0.05, 0) is 65.3 Å². The van der Waals surface area contributed by atoms with Gasteiger partial charge in [0.15, 0.2) is 11.5 Å². The molecule has 8 nitrogen and oxygen atoms in total. The van der Waals surface area contributed by atoms with Gasteiger partial charge >= 0.3 is 0 Å². The number of likely N-dealkylation sites (tertiary alicyclic amines) is 1. The van der Waals surface area contributed by atoms with E-state index in [1.165, 1.54) is 11.6 Å². The summed E-state index contributed by atoms with van der Waals surface area (Å²) in [7, 11) is 0. The normalized spacial score (nSPS) is 16.1. The molecule has 0 saturated carbocycles. The first-order valence-corrected chi connectivity index (χ1v) is 13.7. The summed E-state index contributed by atoms with van der Waals surface area (Å²) in [5.41, 5.74) is 5.61. The summed E-state index contributed by atoms with van der Waals surface area (Å²) in [6.07, 6.45) is 3.96. The number of hydrogen-bond donors (Lipinski definition) is 3. The maximum Gasteiger partial charge on any atom is 0.251 e. The van der Waals surface area contributed by atoms with Crippen LogP contribution in [0.25, 0.3) is 22.2 Å². The summed E-state index contributed by atoms with van der Waals surface area (Å²) in [5.74, 6) is 0.572. The van der Waals surface area contributed by atoms with E-state index in [0.29, 0.717) is 24.3 Å². The Morgan fingerprint density at radius 2 is 1.82 bits per heavy atom. The fraction of sp³-hybridized carbons (Fsp3) is 0.312. The molecule has 3 heterocycles. The number of hydrogen-bond acceptors (Lipinski definition) is 5. The van der Waals surface area contributed by atoms with E-state index in [1.54, 1.807) is 11.1 Å². The highest BCUT2D eigenvalue weighted by molar-refractivity contribution is 6.00. The van der Waals surface area contributed by atoms with Crippen molar-refractivity contribution >= 4 is 28.7 Å². The number of aromatic amines is 1. The van der Waals surface area contributed by atoms with Crippen LogP contribution in [-0.4, -0.2) is 51.0 Å². The molecule has 2 atom stereocenters. The third kappa shape index (κ3) is 5.61. The van der Waals surface area contributed by atoms with E-state index < -0.39 is 0 Å². The number of nitrogens with one attached hydrogen (secondary N) is 3. The number of amides is 2. The van der Waals surface area contributed by atoms with E-state index in [-0.39, 0.29) is 29.3 Å². The smallest absolute Gasteiger partial charge is 0.251 e. The number of H-pyrrole nitrogens is 1. The van der Waals surface area contributed by atoms with Crippen molar-refractivity contribution in [3.05, 3.63) is 90.1 Å². The molecule has 2 aromatic heterocycles. The fourth-order valence-electron chi connectivity index (χ4n) is 5.13. The summed E-state index contributed by atoms with van der Waals surface area (Å²) >= 11 is 0. The van der Waals surface area contributed by atoms with Crippen LogP contribution in [-0.2, 0) is 10.2 Å².